The third-order valence-corrected chi connectivity index (χ3v) is 8.13. The second-order valence-corrected chi connectivity index (χ2v) is 11.5. The summed E-state index contributed by atoms with van der Waals surface area (Å²) in [6.07, 6.45) is 8.20. The van der Waals surface area contributed by atoms with Gasteiger partial charge in [-0.05, 0) is 81.5 Å². The first-order chi connectivity index (χ1) is 20.9. The number of nitrogens with one attached hydrogen (secondary N) is 2. The van der Waals surface area contributed by atoms with Gasteiger partial charge in [-0.15, -0.1) is 0 Å². The smallest absolute Gasteiger partial charge is 0.165 e. The van der Waals surface area contributed by atoms with Gasteiger partial charge in [0.25, 0.3) is 0 Å². The molecule has 1 saturated heterocycles. The Balaban J connectivity index is 1.23. The number of hydrogen-bond acceptors (Lipinski definition) is 8. The number of aromatic nitrogens is 7. The van der Waals surface area contributed by atoms with Crippen LogP contribution in [0.2, 0.25) is 0 Å². The first-order valence-corrected chi connectivity index (χ1v) is 14.5. The quantitative estimate of drug-likeness (QED) is 0.220. The van der Waals surface area contributed by atoms with E-state index in [0.717, 1.165) is 76.3 Å². The molecule has 2 aromatic carbocycles. The molecule has 7 rings (SSSR count). The van der Waals surface area contributed by atoms with Crippen LogP contribution in [0.15, 0.2) is 67.4 Å². The van der Waals surface area contributed by atoms with Gasteiger partial charge >= 0.3 is 0 Å². The third kappa shape index (κ3) is 4.87. The molecule has 43 heavy (non-hydrogen) atoms. The van der Waals surface area contributed by atoms with Crippen LogP contribution in [0.5, 0.6) is 0 Å². The van der Waals surface area contributed by atoms with Crippen LogP contribution in [0, 0.1) is 18.3 Å². The second kappa shape index (κ2) is 10.6. The molecule has 0 aliphatic carbocycles. The van der Waals surface area contributed by atoms with Crippen LogP contribution in [0.3, 0.4) is 0 Å². The predicted molar refractivity (Wildman–Crippen MR) is 166 cm³/mol. The molecule has 10 nitrogen and oxygen atoms in total. The summed E-state index contributed by atoms with van der Waals surface area (Å²) < 4.78 is 8.01. The van der Waals surface area contributed by atoms with Crippen molar-refractivity contribution in [3.05, 3.63) is 78.5 Å². The van der Waals surface area contributed by atoms with E-state index >= 15 is 0 Å². The van der Waals surface area contributed by atoms with E-state index in [1.54, 1.807) is 18.9 Å². The zero-order valence-corrected chi connectivity index (χ0v) is 24.3. The van der Waals surface area contributed by atoms with E-state index in [4.69, 9.17) is 19.7 Å². The Labute approximate surface area is 248 Å². The number of fused-ring (bicyclic) bond motifs is 2. The third-order valence-electron chi connectivity index (χ3n) is 8.13. The highest BCUT2D eigenvalue weighted by molar-refractivity contribution is 5.92. The fourth-order valence-electron chi connectivity index (χ4n) is 5.53. The first-order valence-electron chi connectivity index (χ1n) is 14.5. The summed E-state index contributed by atoms with van der Waals surface area (Å²) in [5.41, 5.74) is 7.97. The zero-order valence-electron chi connectivity index (χ0n) is 24.3. The van der Waals surface area contributed by atoms with Gasteiger partial charge in [-0.2, -0.15) is 5.26 Å². The molecule has 1 aliphatic heterocycles. The Hall–Kier alpha value is -5.14. The van der Waals surface area contributed by atoms with Gasteiger partial charge in [0, 0.05) is 29.6 Å². The number of aromatic amines is 1. The highest BCUT2D eigenvalue weighted by Crippen LogP contribution is 2.35. The maximum atomic E-state index is 9.58. The molecule has 0 amide bonds. The molecule has 5 heterocycles. The molecule has 1 unspecified atom stereocenters. The van der Waals surface area contributed by atoms with Crippen LogP contribution in [0.25, 0.3) is 44.8 Å². The summed E-state index contributed by atoms with van der Waals surface area (Å²) in [7, 11) is 0. The fourth-order valence-corrected chi connectivity index (χ4v) is 5.53. The van der Waals surface area contributed by atoms with Gasteiger partial charge in [-0.1, -0.05) is 18.2 Å². The van der Waals surface area contributed by atoms with E-state index < -0.39 is 5.41 Å². The monoisotopic (exact) mass is 569 g/mol. The van der Waals surface area contributed by atoms with Crippen LogP contribution < -0.4 is 5.32 Å². The van der Waals surface area contributed by atoms with E-state index in [1.165, 1.54) is 0 Å². The SMILES string of the molecule is Cc1ccc(-c2nc3ccc(C(C)(C)C#N)cc3[nH]2)cc1Nc1ncccc1-c1ncnc2c1ncn2C1CCCCO1. The van der Waals surface area contributed by atoms with Crippen LogP contribution in [-0.4, -0.2) is 41.1 Å². The number of pyridine rings is 1. The molecule has 1 fully saturated rings. The van der Waals surface area contributed by atoms with Crippen molar-refractivity contribution in [1.82, 2.24) is 34.5 Å². The molecule has 0 spiro atoms. The van der Waals surface area contributed by atoms with Crippen molar-refractivity contribution in [1.29, 1.82) is 5.26 Å². The molecule has 1 aliphatic rings. The van der Waals surface area contributed by atoms with Crippen molar-refractivity contribution in [3.63, 3.8) is 0 Å². The minimum Gasteiger partial charge on any atom is -0.358 e. The lowest BCUT2D eigenvalue weighted by Crippen LogP contribution is -2.17. The molecule has 6 aromatic rings. The summed E-state index contributed by atoms with van der Waals surface area (Å²) in [5, 5.41) is 13.1. The fraction of sp³-hybridized carbons (Fsp3) is 0.273. The number of hydrogen-bond donors (Lipinski definition) is 2. The summed E-state index contributed by atoms with van der Waals surface area (Å²) in [6, 6.07) is 18.4. The maximum Gasteiger partial charge on any atom is 0.165 e. The predicted octanol–water partition coefficient (Wildman–Crippen LogP) is 6.98. The molecular formula is C33H31N9O. The van der Waals surface area contributed by atoms with Gasteiger partial charge < -0.3 is 15.0 Å². The summed E-state index contributed by atoms with van der Waals surface area (Å²) in [5.74, 6) is 1.42. The topological polar surface area (TPSA) is 130 Å². The van der Waals surface area contributed by atoms with Crippen molar-refractivity contribution in [2.24, 2.45) is 0 Å². The van der Waals surface area contributed by atoms with Crippen LogP contribution in [-0.2, 0) is 10.2 Å². The second-order valence-electron chi connectivity index (χ2n) is 11.5. The van der Waals surface area contributed by atoms with E-state index in [2.05, 4.69) is 45.4 Å². The maximum absolute atomic E-state index is 9.58. The zero-order chi connectivity index (χ0) is 29.6. The Kier molecular flexibility index (Phi) is 6.59. The van der Waals surface area contributed by atoms with Crippen LogP contribution in [0.1, 0.15) is 50.5 Å². The molecule has 10 heteroatoms. The minimum absolute atomic E-state index is 0.0685. The van der Waals surface area contributed by atoms with Crippen molar-refractivity contribution in [3.8, 4) is 28.7 Å². The molecular weight excluding hydrogens is 538 g/mol. The summed E-state index contributed by atoms with van der Waals surface area (Å²) in [4.78, 5) is 26.9. The van der Waals surface area contributed by atoms with Crippen molar-refractivity contribution < 1.29 is 4.74 Å². The minimum atomic E-state index is -0.585. The average Bonchev–Trinajstić information content (AvgIpc) is 3.67. The molecule has 0 saturated carbocycles. The summed E-state index contributed by atoms with van der Waals surface area (Å²) in [6.45, 7) is 6.63. The number of imidazole rings is 2. The lowest BCUT2D eigenvalue weighted by molar-refractivity contribution is -0.0298. The Morgan fingerprint density at radius 1 is 1.07 bits per heavy atom. The van der Waals surface area contributed by atoms with E-state index in [1.807, 2.05) is 54.8 Å². The van der Waals surface area contributed by atoms with E-state index in [9.17, 15) is 5.26 Å². The molecule has 214 valence electrons. The average molecular weight is 570 g/mol. The molecule has 1 atom stereocenters. The van der Waals surface area contributed by atoms with Gasteiger partial charge in [0.1, 0.15) is 35.4 Å². The number of benzene rings is 2. The van der Waals surface area contributed by atoms with Crippen molar-refractivity contribution in [2.45, 2.75) is 51.7 Å². The molecule has 0 radical (unpaired) electrons. The summed E-state index contributed by atoms with van der Waals surface area (Å²) >= 11 is 0. The highest BCUT2D eigenvalue weighted by atomic mass is 16.5. The first kappa shape index (κ1) is 26.7. The lowest BCUT2D eigenvalue weighted by atomic mass is 9.86. The van der Waals surface area contributed by atoms with Gasteiger partial charge in [0.2, 0.25) is 0 Å². The van der Waals surface area contributed by atoms with Crippen molar-refractivity contribution in [2.75, 3.05) is 11.9 Å². The number of nitriles is 1. The standard InChI is InChI=1S/C33H31N9O/c1-20-9-10-21(30-39-24-12-11-22(16-26(24)41-30)33(2,3)17-34)15-25(20)40-31-23(7-6-13-35-31)28-29-32(37-18-36-28)42(19-38-29)27-8-4-5-14-43-27/h6-7,9-13,15-16,18-19,27H,4-5,8,14H2,1-3H3,(H,35,40)(H,39,41). The number of rotatable bonds is 6. The van der Waals surface area contributed by atoms with Crippen molar-refractivity contribution >= 4 is 33.7 Å². The number of ether oxygens (including phenoxy) is 1. The largest absolute Gasteiger partial charge is 0.358 e. The van der Waals surface area contributed by atoms with Gasteiger partial charge in [0.05, 0.1) is 28.8 Å². The van der Waals surface area contributed by atoms with E-state index in [-0.39, 0.29) is 6.23 Å². The molecule has 4 aromatic heterocycles. The normalized spacial score (nSPS) is 15.5. The van der Waals surface area contributed by atoms with Crippen LogP contribution >= 0.6 is 0 Å². The Morgan fingerprint density at radius 2 is 1.98 bits per heavy atom. The highest BCUT2D eigenvalue weighted by Gasteiger charge is 2.23. The van der Waals surface area contributed by atoms with E-state index in [0.29, 0.717) is 17.0 Å². The number of aryl methyl sites for hydroxylation is 1. The number of anilines is 2. The van der Waals surface area contributed by atoms with Gasteiger partial charge in [0.15, 0.2) is 5.65 Å². The van der Waals surface area contributed by atoms with Crippen LogP contribution in [0.4, 0.5) is 11.5 Å². The molecule has 0 bridgehead atoms. The van der Waals surface area contributed by atoms with Gasteiger partial charge in [-0.3, -0.25) is 4.57 Å². The Morgan fingerprint density at radius 3 is 2.81 bits per heavy atom. The Bertz CT molecular complexity index is 2010. The number of H-pyrrole nitrogens is 1. The number of nitrogens with zero attached hydrogens (tertiary/aromatic N) is 7. The molecule has 2 N–H and O–H groups in total. The van der Waals surface area contributed by atoms with Gasteiger partial charge in [-0.25, -0.2) is 24.9 Å². The lowest BCUT2D eigenvalue weighted by Gasteiger charge is -2.23.